The number of benzene rings is 1. The van der Waals surface area contributed by atoms with Gasteiger partial charge >= 0.3 is 11.7 Å². The standard InChI is InChI=1S/C11H11N2O2/c12-13-10-3-1-8(2-4-10)5-9-6-11(14)15-7-9/h1-4,9H,5-7H2/q+1/t9-/m1/s1. The quantitative estimate of drug-likeness (QED) is 0.547. The van der Waals surface area contributed by atoms with E-state index in [1.807, 2.05) is 12.1 Å². The molecule has 4 heteroatoms. The highest BCUT2D eigenvalue weighted by molar-refractivity contribution is 5.71. The third-order valence-electron chi connectivity index (χ3n) is 2.51. The molecule has 1 atom stereocenters. The Morgan fingerprint density at radius 1 is 1.40 bits per heavy atom. The minimum absolute atomic E-state index is 0.109. The van der Waals surface area contributed by atoms with Crippen molar-refractivity contribution in [2.24, 2.45) is 5.92 Å². The molecular formula is C11H11N2O2+. The van der Waals surface area contributed by atoms with E-state index < -0.39 is 0 Å². The number of carbonyl (C=O) groups is 1. The molecule has 1 fully saturated rings. The van der Waals surface area contributed by atoms with Crippen LogP contribution >= 0.6 is 0 Å². The second kappa shape index (κ2) is 4.09. The van der Waals surface area contributed by atoms with Crippen molar-refractivity contribution >= 4 is 11.7 Å². The van der Waals surface area contributed by atoms with Crippen molar-refractivity contribution in [3.05, 3.63) is 34.8 Å². The van der Waals surface area contributed by atoms with Crippen LogP contribution in [-0.4, -0.2) is 12.6 Å². The van der Waals surface area contributed by atoms with E-state index in [0.29, 0.717) is 18.7 Å². The molecule has 1 saturated heterocycles. The molecule has 76 valence electrons. The predicted molar refractivity (Wildman–Crippen MR) is 54.0 cm³/mol. The van der Waals surface area contributed by atoms with Crippen molar-refractivity contribution in [1.82, 2.24) is 0 Å². The number of carbonyl (C=O) groups excluding carboxylic acids is 1. The molecule has 0 aliphatic carbocycles. The van der Waals surface area contributed by atoms with E-state index in [0.717, 1.165) is 12.0 Å². The summed E-state index contributed by atoms with van der Waals surface area (Å²) in [7, 11) is 0. The van der Waals surface area contributed by atoms with Gasteiger partial charge in [0, 0.05) is 18.1 Å². The fourth-order valence-electron chi connectivity index (χ4n) is 1.73. The lowest BCUT2D eigenvalue weighted by Gasteiger charge is -2.04. The lowest BCUT2D eigenvalue weighted by Crippen LogP contribution is -2.03. The molecule has 0 amide bonds. The minimum Gasteiger partial charge on any atom is -0.465 e. The highest BCUT2D eigenvalue weighted by Crippen LogP contribution is 2.21. The summed E-state index contributed by atoms with van der Waals surface area (Å²) in [5.74, 6) is 0.177. The summed E-state index contributed by atoms with van der Waals surface area (Å²) in [6, 6.07) is 7.29. The largest absolute Gasteiger partial charge is 0.465 e. The normalized spacial score (nSPS) is 19.7. The third-order valence-corrected chi connectivity index (χ3v) is 2.51. The molecular weight excluding hydrogens is 192 g/mol. The number of hydrogen-bond acceptors (Lipinski definition) is 3. The number of esters is 1. The van der Waals surface area contributed by atoms with Gasteiger partial charge in [0.25, 0.3) is 0 Å². The molecule has 0 radical (unpaired) electrons. The summed E-state index contributed by atoms with van der Waals surface area (Å²) >= 11 is 0. The number of nitrogens with zero attached hydrogens (tertiary/aromatic N) is 2. The molecule has 1 heterocycles. The first-order chi connectivity index (χ1) is 7.28. The highest BCUT2D eigenvalue weighted by Gasteiger charge is 2.23. The second-order valence-electron chi connectivity index (χ2n) is 3.72. The minimum atomic E-state index is -0.109. The summed E-state index contributed by atoms with van der Waals surface area (Å²) in [6.07, 6.45) is 1.34. The molecule has 0 bridgehead atoms. The van der Waals surface area contributed by atoms with Gasteiger partial charge in [0.05, 0.1) is 13.0 Å². The Hall–Kier alpha value is -1.89. The molecule has 1 aromatic carbocycles. The van der Waals surface area contributed by atoms with Gasteiger partial charge in [-0.1, -0.05) is 12.1 Å². The predicted octanol–water partition coefficient (Wildman–Crippen LogP) is 2.28. The van der Waals surface area contributed by atoms with E-state index in [1.165, 1.54) is 0 Å². The van der Waals surface area contributed by atoms with Crippen LogP contribution in [0.25, 0.3) is 4.98 Å². The Morgan fingerprint density at radius 2 is 2.13 bits per heavy atom. The van der Waals surface area contributed by atoms with Crippen LogP contribution in [-0.2, 0) is 16.0 Å². The Morgan fingerprint density at radius 3 is 2.67 bits per heavy atom. The van der Waals surface area contributed by atoms with Crippen LogP contribution in [0.2, 0.25) is 0 Å². The van der Waals surface area contributed by atoms with Gasteiger partial charge in [-0.3, -0.25) is 4.79 Å². The van der Waals surface area contributed by atoms with Crippen LogP contribution < -0.4 is 0 Å². The molecule has 15 heavy (non-hydrogen) atoms. The smallest absolute Gasteiger partial charge is 0.385 e. The van der Waals surface area contributed by atoms with E-state index >= 15 is 0 Å². The van der Waals surface area contributed by atoms with Crippen LogP contribution in [0.3, 0.4) is 0 Å². The van der Waals surface area contributed by atoms with Gasteiger partial charge in [0.15, 0.2) is 4.98 Å². The monoisotopic (exact) mass is 203 g/mol. The van der Waals surface area contributed by atoms with E-state index in [2.05, 4.69) is 4.98 Å². The average Bonchev–Trinajstić information content (AvgIpc) is 2.65. The molecule has 1 aromatic rings. The zero-order valence-electron chi connectivity index (χ0n) is 8.22. The Labute approximate surface area is 87.5 Å². The summed E-state index contributed by atoms with van der Waals surface area (Å²) in [4.78, 5) is 14.0. The SMILES string of the molecule is N#[N+]c1ccc(C[C@H]2COC(=O)C2)cc1. The van der Waals surface area contributed by atoms with Crippen molar-refractivity contribution < 1.29 is 9.53 Å². The van der Waals surface area contributed by atoms with Gasteiger partial charge in [-0.2, -0.15) is 0 Å². The maximum atomic E-state index is 10.9. The number of ether oxygens (including phenoxy) is 1. The van der Waals surface area contributed by atoms with E-state index in [4.69, 9.17) is 10.1 Å². The Bertz CT molecular complexity index is 406. The van der Waals surface area contributed by atoms with Gasteiger partial charge in [0.1, 0.15) is 0 Å². The van der Waals surface area contributed by atoms with Crippen LogP contribution in [0.4, 0.5) is 5.69 Å². The van der Waals surface area contributed by atoms with Gasteiger partial charge in [0.2, 0.25) is 5.39 Å². The topological polar surface area (TPSA) is 54.4 Å². The second-order valence-corrected chi connectivity index (χ2v) is 3.72. The Kier molecular flexibility index (Phi) is 2.64. The number of rotatable bonds is 2. The van der Waals surface area contributed by atoms with Gasteiger partial charge in [-0.25, -0.2) is 0 Å². The zero-order chi connectivity index (χ0) is 10.7. The maximum absolute atomic E-state index is 10.9. The highest BCUT2D eigenvalue weighted by atomic mass is 16.5. The van der Waals surface area contributed by atoms with Crippen LogP contribution in [0.5, 0.6) is 0 Å². The molecule has 1 aliphatic rings. The van der Waals surface area contributed by atoms with Crippen LogP contribution in [0.1, 0.15) is 12.0 Å². The van der Waals surface area contributed by atoms with Crippen molar-refractivity contribution in [3.8, 4) is 0 Å². The molecule has 4 nitrogen and oxygen atoms in total. The van der Waals surface area contributed by atoms with Crippen LogP contribution in [0, 0.1) is 11.3 Å². The van der Waals surface area contributed by atoms with E-state index in [-0.39, 0.29) is 11.9 Å². The van der Waals surface area contributed by atoms with E-state index in [1.54, 1.807) is 12.1 Å². The fraction of sp³-hybridized carbons (Fsp3) is 0.364. The van der Waals surface area contributed by atoms with Crippen molar-refractivity contribution in [2.75, 3.05) is 6.61 Å². The van der Waals surface area contributed by atoms with Crippen LogP contribution in [0.15, 0.2) is 24.3 Å². The number of cyclic esters (lactones) is 1. The van der Waals surface area contributed by atoms with Gasteiger partial charge in [-0.05, 0) is 12.0 Å². The maximum Gasteiger partial charge on any atom is 0.385 e. The Balaban J connectivity index is 1.99. The number of hydrogen-bond donors (Lipinski definition) is 0. The fourth-order valence-corrected chi connectivity index (χ4v) is 1.73. The zero-order valence-corrected chi connectivity index (χ0v) is 8.22. The lowest BCUT2D eigenvalue weighted by molar-refractivity contribution is -0.137. The molecule has 1 aliphatic heterocycles. The van der Waals surface area contributed by atoms with Crippen molar-refractivity contribution in [3.63, 3.8) is 0 Å². The van der Waals surface area contributed by atoms with Gasteiger partial charge < -0.3 is 4.74 Å². The van der Waals surface area contributed by atoms with Crippen molar-refractivity contribution in [2.45, 2.75) is 12.8 Å². The summed E-state index contributed by atoms with van der Waals surface area (Å²) in [6.45, 7) is 0.519. The number of diazo groups is 1. The molecule has 0 unspecified atom stereocenters. The average molecular weight is 203 g/mol. The molecule has 0 N–H and O–H groups in total. The first kappa shape index (κ1) is 9.66. The first-order valence-corrected chi connectivity index (χ1v) is 4.87. The van der Waals surface area contributed by atoms with E-state index in [9.17, 15) is 4.79 Å². The molecule has 0 spiro atoms. The molecule has 0 saturated carbocycles. The summed E-state index contributed by atoms with van der Waals surface area (Å²) < 4.78 is 4.89. The summed E-state index contributed by atoms with van der Waals surface area (Å²) in [5, 5.41) is 8.51. The molecule has 2 rings (SSSR count). The first-order valence-electron chi connectivity index (χ1n) is 4.87. The van der Waals surface area contributed by atoms with Crippen molar-refractivity contribution in [1.29, 1.82) is 5.39 Å². The molecule has 0 aromatic heterocycles. The summed E-state index contributed by atoms with van der Waals surface area (Å²) in [5.41, 5.74) is 1.67. The third kappa shape index (κ3) is 2.32. The van der Waals surface area contributed by atoms with Gasteiger partial charge in [-0.15, -0.1) is 0 Å². The lowest BCUT2D eigenvalue weighted by atomic mass is 9.98.